The molecular weight excluding hydrogens is 509 g/mol. The summed E-state index contributed by atoms with van der Waals surface area (Å²) in [6.45, 7) is -0.947. The van der Waals surface area contributed by atoms with Crippen LogP contribution in [0.3, 0.4) is 0 Å². The van der Waals surface area contributed by atoms with Gasteiger partial charge in [0.25, 0.3) is 0 Å². The molecule has 6 rings (SSSR count). The van der Waals surface area contributed by atoms with Crippen LogP contribution in [0.2, 0.25) is 0 Å². The number of halogens is 1. The van der Waals surface area contributed by atoms with Crippen molar-refractivity contribution >= 4 is 45.7 Å². The number of fused-ring (bicyclic) bond motifs is 2. The molecule has 2 fully saturated rings. The zero-order valence-corrected chi connectivity index (χ0v) is 21.1. The third-order valence-corrected chi connectivity index (χ3v) is 7.80. The molecule has 3 unspecified atom stereocenters. The Morgan fingerprint density at radius 3 is 2.74 bits per heavy atom. The van der Waals surface area contributed by atoms with Crippen LogP contribution >= 0.6 is 0 Å². The number of nitrogens with zero attached hydrogens (tertiary/aromatic N) is 6. The largest absolute Gasteiger partial charge is 0.453 e. The number of ether oxygens (including phenoxy) is 1. The molecule has 4 N–H and O–H groups in total. The maximum Gasteiger partial charge on any atom is 0.407 e. The Bertz CT molecular complexity index is 1800. The number of imidazole rings is 1. The van der Waals surface area contributed by atoms with E-state index < -0.39 is 48.5 Å². The predicted molar refractivity (Wildman–Crippen MR) is 139 cm³/mol. The summed E-state index contributed by atoms with van der Waals surface area (Å²) in [7, 11) is 1.19. The number of carbonyl (C=O) groups excluding carboxylic acids is 2. The fraction of sp³-hybridized carbons (Fsp3) is 0.440. The van der Waals surface area contributed by atoms with Gasteiger partial charge in [0.05, 0.1) is 36.6 Å². The van der Waals surface area contributed by atoms with Crippen molar-refractivity contribution in [3.8, 4) is 0 Å². The monoisotopic (exact) mass is 540 g/mol. The first-order chi connectivity index (χ1) is 19.8. The van der Waals surface area contributed by atoms with Crippen molar-refractivity contribution in [1.29, 1.82) is 0 Å². The van der Waals surface area contributed by atoms with Crippen molar-refractivity contribution in [2.24, 2.45) is 18.6 Å². The average Bonchev–Trinajstić information content (AvgIpc) is 3.17. The first-order valence-corrected chi connectivity index (χ1v) is 12.4. The molecule has 0 radical (unpaired) electrons. The lowest BCUT2D eigenvalue weighted by atomic mass is 10.2. The molecule has 13 nitrogen and oxygen atoms in total. The number of aromatic nitrogens is 6. The molecule has 5 atom stereocenters. The van der Waals surface area contributed by atoms with Crippen LogP contribution in [0.25, 0.3) is 22.1 Å². The molecule has 4 aromatic heterocycles. The molecule has 2 amide bonds. The van der Waals surface area contributed by atoms with Crippen molar-refractivity contribution in [3.05, 3.63) is 41.1 Å². The van der Waals surface area contributed by atoms with Crippen molar-refractivity contribution in [1.82, 2.24) is 34.2 Å². The van der Waals surface area contributed by atoms with Crippen LogP contribution in [0.4, 0.5) is 20.8 Å². The molecule has 0 spiro atoms. The number of pyridine rings is 2. The number of methoxy groups -OCH3 is 1. The number of amides is 2. The number of hydrogen-bond acceptors (Lipinski definition) is 8. The molecule has 204 valence electrons. The number of hydrogen-bond donors (Lipinski definition) is 3. The Morgan fingerprint density at radius 1 is 1.26 bits per heavy atom. The molecule has 2 aliphatic carbocycles. The molecule has 2 saturated carbocycles. The minimum absolute atomic E-state index is 0.00285. The van der Waals surface area contributed by atoms with Gasteiger partial charge in [-0.05, 0) is 30.9 Å². The maximum absolute atomic E-state index is 15.3. The quantitative estimate of drug-likeness (QED) is 0.333. The molecule has 0 aromatic carbocycles. The van der Waals surface area contributed by atoms with E-state index in [0.29, 0.717) is 27.8 Å². The van der Waals surface area contributed by atoms with Crippen molar-refractivity contribution < 1.29 is 22.8 Å². The van der Waals surface area contributed by atoms with Gasteiger partial charge in [-0.15, -0.1) is 0 Å². The predicted octanol–water partition coefficient (Wildman–Crippen LogP) is 1.84. The number of nitrogens with two attached hydrogens (primary N) is 1. The van der Waals surface area contributed by atoms with E-state index in [0.717, 1.165) is 4.57 Å². The first-order valence-electron chi connectivity index (χ1n) is 13.9. The van der Waals surface area contributed by atoms with Crippen molar-refractivity contribution in [2.45, 2.75) is 50.0 Å². The van der Waals surface area contributed by atoms with Crippen LogP contribution in [-0.2, 0) is 22.0 Å². The molecule has 0 aliphatic heterocycles. The third kappa shape index (κ3) is 3.81. The fourth-order valence-electron chi connectivity index (χ4n) is 5.63. The fourth-order valence-corrected chi connectivity index (χ4v) is 5.63. The van der Waals surface area contributed by atoms with Crippen molar-refractivity contribution in [3.63, 3.8) is 0 Å². The average molecular weight is 541 g/mol. The molecule has 14 heteroatoms. The summed E-state index contributed by atoms with van der Waals surface area (Å²) in [5.74, 6) is 0.0432. The van der Waals surface area contributed by atoms with Gasteiger partial charge in [-0.1, -0.05) is 6.92 Å². The summed E-state index contributed by atoms with van der Waals surface area (Å²) in [5, 5.41) is 10.6. The molecule has 2 aliphatic rings. The Labute approximate surface area is 225 Å². The van der Waals surface area contributed by atoms with Gasteiger partial charge in [-0.3, -0.25) is 13.9 Å². The molecular formula is C25H28FN9O4. The van der Waals surface area contributed by atoms with Gasteiger partial charge in [0.2, 0.25) is 5.91 Å². The van der Waals surface area contributed by atoms with Crippen molar-refractivity contribution in [2.75, 3.05) is 12.4 Å². The van der Waals surface area contributed by atoms with Crippen LogP contribution in [0.1, 0.15) is 36.3 Å². The lowest BCUT2D eigenvalue weighted by molar-refractivity contribution is -0.123. The SMILES string of the molecule is [2H]C([2H])([2H])n1c(=O)n(C2CC(NC(=O)OC)CC2F)c2cc(Nc3ccc4cnn([C@@]5(C(N)=O)C[C@@H]5C)c4n3)ncc21. The van der Waals surface area contributed by atoms with Crippen LogP contribution in [0.5, 0.6) is 0 Å². The van der Waals surface area contributed by atoms with E-state index in [2.05, 4.69) is 30.4 Å². The van der Waals surface area contributed by atoms with Crippen LogP contribution in [0, 0.1) is 5.92 Å². The standard InChI is InChI=1S/C25H28FN9O4/c1-12-9-25(12,22(27)36)35-21-13(10-29-35)4-5-19(32-21)31-20-8-17-18(11-28-20)33(2)24(38)34(17)16-7-14(6-15(16)26)30-23(37)39-3/h4-5,8,10-12,14-16H,6-7,9H2,1-3H3,(H2,27,36)(H,30,37)(H,28,31,32)/t12-,14?,15?,16?,25-/m0/s1/i2D3. The van der Waals surface area contributed by atoms with E-state index in [1.54, 1.807) is 18.3 Å². The van der Waals surface area contributed by atoms with E-state index in [4.69, 9.17) is 9.85 Å². The third-order valence-electron chi connectivity index (χ3n) is 7.80. The smallest absolute Gasteiger partial charge is 0.407 e. The normalized spacial score (nSPS) is 27.6. The first kappa shape index (κ1) is 21.4. The Kier molecular flexibility index (Phi) is 4.83. The molecule has 39 heavy (non-hydrogen) atoms. The van der Waals surface area contributed by atoms with Gasteiger partial charge < -0.3 is 21.1 Å². The highest BCUT2D eigenvalue weighted by Gasteiger charge is 2.59. The summed E-state index contributed by atoms with van der Waals surface area (Å²) >= 11 is 0. The number of primary amides is 1. The minimum Gasteiger partial charge on any atom is -0.453 e. The second-order valence-corrected chi connectivity index (χ2v) is 10.1. The zero-order valence-electron chi connectivity index (χ0n) is 24.1. The minimum atomic E-state index is -2.85. The maximum atomic E-state index is 15.3. The summed E-state index contributed by atoms with van der Waals surface area (Å²) in [4.78, 5) is 46.3. The van der Waals surface area contributed by atoms with E-state index >= 15 is 4.39 Å². The molecule has 4 heterocycles. The molecule has 4 aromatic rings. The zero-order chi connectivity index (χ0) is 30.1. The van der Waals surface area contributed by atoms with Gasteiger partial charge in [0.1, 0.15) is 23.3 Å². The molecule has 0 bridgehead atoms. The Morgan fingerprint density at radius 2 is 2.05 bits per heavy atom. The number of nitrogens with one attached hydrogen (secondary N) is 2. The second-order valence-electron chi connectivity index (χ2n) is 10.1. The van der Waals surface area contributed by atoms with Gasteiger partial charge >= 0.3 is 11.8 Å². The highest BCUT2D eigenvalue weighted by molar-refractivity contribution is 5.89. The summed E-state index contributed by atoms with van der Waals surface area (Å²) in [6.07, 6.45) is 1.06. The molecule has 0 saturated heterocycles. The van der Waals surface area contributed by atoms with E-state index in [9.17, 15) is 14.4 Å². The summed E-state index contributed by atoms with van der Waals surface area (Å²) in [5.41, 5.74) is 4.40. The van der Waals surface area contributed by atoms with E-state index in [1.807, 2.05) is 6.92 Å². The summed E-state index contributed by atoms with van der Waals surface area (Å²) in [6, 6.07) is 3.22. The van der Waals surface area contributed by atoms with Gasteiger partial charge in [-0.25, -0.2) is 28.6 Å². The van der Waals surface area contributed by atoms with Crippen LogP contribution in [-0.4, -0.2) is 60.2 Å². The highest BCUT2D eigenvalue weighted by Crippen LogP contribution is 2.50. The lowest BCUT2D eigenvalue weighted by Gasteiger charge is -2.16. The Hall–Kier alpha value is -4.49. The van der Waals surface area contributed by atoms with E-state index in [-0.39, 0.29) is 35.6 Å². The lowest BCUT2D eigenvalue weighted by Crippen LogP contribution is -2.36. The van der Waals surface area contributed by atoms with Gasteiger partial charge in [0.15, 0.2) is 5.65 Å². The van der Waals surface area contributed by atoms with Gasteiger partial charge in [-0.2, -0.15) is 5.10 Å². The van der Waals surface area contributed by atoms with E-state index in [1.165, 1.54) is 24.1 Å². The second kappa shape index (κ2) is 8.78. The highest BCUT2D eigenvalue weighted by atomic mass is 19.1. The summed E-state index contributed by atoms with van der Waals surface area (Å²) < 4.78 is 46.9. The topological polar surface area (TPSA) is 164 Å². The number of aryl methyl sites for hydroxylation is 1. The number of rotatable bonds is 6. The van der Waals surface area contributed by atoms with Crippen LogP contribution < -0.4 is 22.1 Å². The van der Waals surface area contributed by atoms with Crippen LogP contribution in [0.15, 0.2) is 35.4 Å². The number of anilines is 2. The number of alkyl halides is 1. The van der Waals surface area contributed by atoms with Gasteiger partial charge in [0, 0.05) is 35.0 Å². The number of carbonyl (C=O) groups is 2. The number of alkyl carbamates (subject to hydrolysis) is 1. The Balaban J connectivity index is 1.39.